The summed E-state index contributed by atoms with van der Waals surface area (Å²) in [5.74, 6) is 0.615. The number of carbonyl (C=O) groups is 1. The lowest BCUT2D eigenvalue weighted by molar-refractivity contribution is -0.132. The van der Waals surface area contributed by atoms with Gasteiger partial charge < -0.3 is 15.1 Å². The molecule has 0 saturated carbocycles. The summed E-state index contributed by atoms with van der Waals surface area (Å²) >= 11 is 0. The van der Waals surface area contributed by atoms with Gasteiger partial charge in [-0.3, -0.25) is 4.79 Å². The first-order chi connectivity index (χ1) is 8.68. The van der Waals surface area contributed by atoms with Gasteiger partial charge >= 0.3 is 0 Å². The summed E-state index contributed by atoms with van der Waals surface area (Å²) in [5, 5.41) is 0. The molecule has 0 radical (unpaired) electrons. The van der Waals surface area contributed by atoms with Crippen molar-refractivity contribution in [3.05, 3.63) is 60.1 Å². The second kappa shape index (κ2) is 5.51. The molecule has 0 bridgehead atoms. The molecule has 0 aliphatic heterocycles. The standard InChI is InChI=1S/C14H16N2O2/c1-16(10-12-8-5-9-18-12)14(17)13(15)11-6-3-2-4-7-11/h2-9,13H,10,15H2,1H3. The SMILES string of the molecule is CN(Cc1ccco1)C(=O)C(N)c1ccccc1. The van der Waals surface area contributed by atoms with Gasteiger partial charge in [-0.1, -0.05) is 30.3 Å². The average Bonchev–Trinajstić information content (AvgIpc) is 2.91. The van der Waals surface area contributed by atoms with Crippen LogP contribution in [0.3, 0.4) is 0 Å². The fraction of sp³-hybridized carbons (Fsp3) is 0.214. The Balaban J connectivity index is 2.02. The van der Waals surface area contributed by atoms with Crippen molar-refractivity contribution in [2.75, 3.05) is 7.05 Å². The number of hydrogen-bond donors (Lipinski definition) is 1. The third-order valence-corrected chi connectivity index (χ3v) is 2.77. The minimum Gasteiger partial charge on any atom is -0.467 e. The van der Waals surface area contributed by atoms with Gasteiger partial charge in [0.1, 0.15) is 11.8 Å². The molecule has 4 heteroatoms. The predicted octanol–water partition coefficient (Wildman–Crippen LogP) is 1.94. The number of furan rings is 1. The van der Waals surface area contributed by atoms with Gasteiger partial charge in [0.15, 0.2) is 0 Å². The van der Waals surface area contributed by atoms with Crippen LogP contribution in [0.25, 0.3) is 0 Å². The zero-order valence-electron chi connectivity index (χ0n) is 10.2. The Morgan fingerprint density at radius 2 is 2.00 bits per heavy atom. The van der Waals surface area contributed by atoms with Crippen LogP contribution in [0, 0.1) is 0 Å². The lowest BCUT2D eigenvalue weighted by Gasteiger charge is -2.20. The van der Waals surface area contributed by atoms with E-state index in [9.17, 15) is 4.79 Å². The number of nitrogens with two attached hydrogens (primary N) is 1. The smallest absolute Gasteiger partial charge is 0.244 e. The zero-order chi connectivity index (χ0) is 13.0. The molecule has 1 aromatic heterocycles. The molecule has 2 aromatic rings. The highest BCUT2D eigenvalue weighted by molar-refractivity contribution is 5.82. The minimum absolute atomic E-state index is 0.127. The molecule has 0 aliphatic carbocycles. The van der Waals surface area contributed by atoms with E-state index in [0.29, 0.717) is 6.54 Å². The fourth-order valence-corrected chi connectivity index (χ4v) is 1.75. The molecule has 0 fully saturated rings. The van der Waals surface area contributed by atoms with Crippen LogP contribution in [0.5, 0.6) is 0 Å². The molecule has 94 valence electrons. The third-order valence-electron chi connectivity index (χ3n) is 2.77. The highest BCUT2D eigenvalue weighted by Crippen LogP contribution is 2.13. The first-order valence-corrected chi connectivity index (χ1v) is 5.76. The van der Waals surface area contributed by atoms with Crippen molar-refractivity contribution in [1.29, 1.82) is 0 Å². The van der Waals surface area contributed by atoms with Crippen LogP contribution in [-0.4, -0.2) is 17.9 Å². The van der Waals surface area contributed by atoms with Crippen molar-refractivity contribution in [2.24, 2.45) is 5.73 Å². The zero-order valence-corrected chi connectivity index (χ0v) is 10.2. The number of carbonyl (C=O) groups excluding carboxylic acids is 1. The van der Waals surface area contributed by atoms with Crippen molar-refractivity contribution >= 4 is 5.91 Å². The average molecular weight is 244 g/mol. The Bertz CT molecular complexity index is 494. The molecule has 1 amide bonds. The summed E-state index contributed by atoms with van der Waals surface area (Å²) in [6.07, 6.45) is 1.59. The maximum absolute atomic E-state index is 12.1. The summed E-state index contributed by atoms with van der Waals surface area (Å²) < 4.78 is 5.21. The minimum atomic E-state index is -0.633. The number of rotatable bonds is 4. The van der Waals surface area contributed by atoms with E-state index in [-0.39, 0.29) is 5.91 Å². The summed E-state index contributed by atoms with van der Waals surface area (Å²) in [6, 6.07) is 12.3. The molecule has 1 aromatic carbocycles. The van der Waals surface area contributed by atoms with Gasteiger partial charge in [-0.2, -0.15) is 0 Å². The Hall–Kier alpha value is -2.07. The van der Waals surface area contributed by atoms with E-state index < -0.39 is 6.04 Å². The maximum atomic E-state index is 12.1. The molecular weight excluding hydrogens is 228 g/mol. The molecule has 0 saturated heterocycles. The largest absolute Gasteiger partial charge is 0.467 e. The van der Waals surface area contributed by atoms with Crippen molar-refractivity contribution in [3.63, 3.8) is 0 Å². The lowest BCUT2D eigenvalue weighted by atomic mass is 10.1. The second-order valence-electron chi connectivity index (χ2n) is 4.16. The van der Waals surface area contributed by atoms with Crippen molar-refractivity contribution in [2.45, 2.75) is 12.6 Å². The van der Waals surface area contributed by atoms with Crippen LogP contribution < -0.4 is 5.73 Å². The van der Waals surface area contributed by atoms with Crippen molar-refractivity contribution < 1.29 is 9.21 Å². The molecule has 2 rings (SSSR count). The van der Waals surface area contributed by atoms with Crippen molar-refractivity contribution in [3.8, 4) is 0 Å². The van der Waals surface area contributed by atoms with Gasteiger partial charge in [-0.25, -0.2) is 0 Å². The van der Waals surface area contributed by atoms with Gasteiger partial charge in [-0.15, -0.1) is 0 Å². The van der Waals surface area contributed by atoms with E-state index in [1.807, 2.05) is 36.4 Å². The molecule has 2 N–H and O–H groups in total. The number of hydrogen-bond acceptors (Lipinski definition) is 3. The monoisotopic (exact) mass is 244 g/mol. The van der Waals surface area contributed by atoms with E-state index in [2.05, 4.69) is 0 Å². The molecule has 1 atom stereocenters. The number of benzene rings is 1. The predicted molar refractivity (Wildman–Crippen MR) is 68.6 cm³/mol. The van der Waals surface area contributed by atoms with Crippen LogP contribution in [0.1, 0.15) is 17.4 Å². The Morgan fingerprint density at radius 3 is 2.61 bits per heavy atom. The molecule has 1 heterocycles. The molecular formula is C14H16N2O2. The molecule has 4 nitrogen and oxygen atoms in total. The fourth-order valence-electron chi connectivity index (χ4n) is 1.75. The molecule has 0 aliphatic rings. The highest BCUT2D eigenvalue weighted by atomic mass is 16.3. The molecule has 1 unspecified atom stereocenters. The second-order valence-corrected chi connectivity index (χ2v) is 4.16. The van der Waals surface area contributed by atoms with Crippen LogP contribution in [0.2, 0.25) is 0 Å². The number of amides is 1. The Labute approximate surface area is 106 Å². The maximum Gasteiger partial charge on any atom is 0.244 e. The van der Waals surface area contributed by atoms with Gasteiger partial charge in [0, 0.05) is 7.05 Å². The van der Waals surface area contributed by atoms with Gasteiger partial charge in [0.2, 0.25) is 5.91 Å². The van der Waals surface area contributed by atoms with E-state index in [0.717, 1.165) is 11.3 Å². The Kier molecular flexibility index (Phi) is 3.79. The van der Waals surface area contributed by atoms with Crippen molar-refractivity contribution in [1.82, 2.24) is 4.90 Å². The third kappa shape index (κ3) is 2.78. The first-order valence-electron chi connectivity index (χ1n) is 5.76. The van der Waals surface area contributed by atoms with Gasteiger partial charge in [0.25, 0.3) is 0 Å². The quantitative estimate of drug-likeness (QED) is 0.894. The van der Waals surface area contributed by atoms with Gasteiger partial charge in [0.05, 0.1) is 12.8 Å². The Morgan fingerprint density at radius 1 is 1.28 bits per heavy atom. The summed E-state index contributed by atoms with van der Waals surface area (Å²) in [7, 11) is 1.72. The van der Waals surface area contributed by atoms with E-state index in [1.165, 1.54) is 0 Å². The first kappa shape index (κ1) is 12.4. The van der Waals surface area contributed by atoms with Crippen LogP contribution in [0.4, 0.5) is 0 Å². The summed E-state index contributed by atoms with van der Waals surface area (Å²) in [5.41, 5.74) is 6.76. The van der Waals surface area contributed by atoms with E-state index in [1.54, 1.807) is 24.3 Å². The topological polar surface area (TPSA) is 59.5 Å². The van der Waals surface area contributed by atoms with E-state index in [4.69, 9.17) is 10.2 Å². The van der Waals surface area contributed by atoms with Crippen LogP contribution >= 0.6 is 0 Å². The molecule has 0 spiro atoms. The van der Waals surface area contributed by atoms with Gasteiger partial charge in [-0.05, 0) is 17.7 Å². The summed E-state index contributed by atoms with van der Waals surface area (Å²) in [4.78, 5) is 13.7. The highest BCUT2D eigenvalue weighted by Gasteiger charge is 2.20. The molecule has 18 heavy (non-hydrogen) atoms. The number of likely N-dealkylation sites (N-methyl/N-ethyl adjacent to an activating group) is 1. The van der Waals surface area contributed by atoms with E-state index >= 15 is 0 Å². The normalized spacial score (nSPS) is 12.1. The summed E-state index contributed by atoms with van der Waals surface area (Å²) in [6.45, 7) is 0.423. The van der Waals surface area contributed by atoms with Crippen LogP contribution in [0.15, 0.2) is 53.1 Å². The lowest BCUT2D eigenvalue weighted by Crippen LogP contribution is -2.35. The van der Waals surface area contributed by atoms with Crippen LogP contribution in [-0.2, 0) is 11.3 Å². The number of nitrogens with zero attached hydrogens (tertiary/aromatic N) is 1.